The van der Waals surface area contributed by atoms with Gasteiger partial charge in [0.25, 0.3) is 0 Å². The minimum Gasteiger partial charge on any atom is -0.368 e. The summed E-state index contributed by atoms with van der Waals surface area (Å²) in [6, 6.07) is 5.23. The third kappa shape index (κ3) is 3.29. The van der Waals surface area contributed by atoms with Crippen LogP contribution >= 0.6 is 15.9 Å². The van der Waals surface area contributed by atoms with E-state index >= 15 is 0 Å². The number of rotatable bonds is 4. The van der Waals surface area contributed by atoms with Crippen LogP contribution in [0, 0.1) is 0 Å². The molecule has 0 bridgehead atoms. The molecule has 1 atom stereocenters. The van der Waals surface area contributed by atoms with Gasteiger partial charge in [0.15, 0.2) is 0 Å². The topological polar surface area (TPSA) is 89.3 Å². The van der Waals surface area contributed by atoms with Crippen molar-refractivity contribution in [2.75, 3.05) is 0 Å². The number of benzene rings is 1. The largest absolute Gasteiger partial charge is 0.368 e. The Bertz CT molecular complexity index is 501. The van der Waals surface area contributed by atoms with Crippen LogP contribution in [0.2, 0.25) is 0 Å². The van der Waals surface area contributed by atoms with Crippen molar-refractivity contribution in [3.05, 3.63) is 28.7 Å². The first-order valence-electron chi connectivity index (χ1n) is 4.40. The Labute approximate surface area is 102 Å². The van der Waals surface area contributed by atoms with E-state index in [4.69, 9.17) is 5.73 Å². The molecule has 3 N–H and O–H groups in total. The molecule has 0 spiro atoms. The van der Waals surface area contributed by atoms with E-state index < -0.39 is 22.0 Å². The van der Waals surface area contributed by atoms with Gasteiger partial charge in [-0.2, -0.15) is 4.72 Å². The molecule has 1 aromatic carbocycles. The molecule has 0 radical (unpaired) electrons. The number of nitrogens with two attached hydrogens (primary N) is 1. The van der Waals surface area contributed by atoms with Gasteiger partial charge < -0.3 is 5.73 Å². The second kappa shape index (κ2) is 4.94. The van der Waals surface area contributed by atoms with Crippen molar-refractivity contribution in [1.82, 2.24) is 4.72 Å². The van der Waals surface area contributed by atoms with Gasteiger partial charge in [-0.1, -0.05) is 22.0 Å². The molecule has 1 amide bonds. The molecule has 1 rings (SSSR count). The highest BCUT2D eigenvalue weighted by Gasteiger charge is 2.20. The predicted molar refractivity (Wildman–Crippen MR) is 63.1 cm³/mol. The quantitative estimate of drug-likeness (QED) is 0.853. The van der Waals surface area contributed by atoms with E-state index in [9.17, 15) is 13.2 Å². The van der Waals surface area contributed by atoms with E-state index in [0.29, 0.717) is 4.47 Å². The highest BCUT2D eigenvalue weighted by Crippen LogP contribution is 2.16. The van der Waals surface area contributed by atoms with Gasteiger partial charge >= 0.3 is 0 Å². The number of hydrogen-bond acceptors (Lipinski definition) is 3. The molecule has 0 aliphatic carbocycles. The smallest absolute Gasteiger partial charge is 0.241 e. The minimum atomic E-state index is -3.71. The zero-order valence-electron chi connectivity index (χ0n) is 8.48. The van der Waals surface area contributed by atoms with Crippen molar-refractivity contribution in [2.24, 2.45) is 5.73 Å². The van der Waals surface area contributed by atoms with Gasteiger partial charge in [-0.25, -0.2) is 8.42 Å². The summed E-state index contributed by atoms with van der Waals surface area (Å²) in [6.07, 6.45) is 0. The summed E-state index contributed by atoms with van der Waals surface area (Å²) < 4.78 is 26.3. The lowest BCUT2D eigenvalue weighted by atomic mass is 10.4. The van der Waals surface area contributed by atoms with Crippen LogP contribution < -0.4 is 10.5 Å². The molecule has 88 valence electrons. The number of carbonyl (C=O) groups excluding carboxylic acids is 1. The fourth-order valence-corrected chi connectivity index (χ4v) is 2.80. The van der Waals surface area contributed by atoms with E-state index in [0.717, 1.165) is 0 Å². The molecule has 0 aliphatic heterocycles. The fourth-order valence-electron chi connectivity index (χ4n) is 0.993. The Balaban J connectivity index is 2.99. The summed E-state index contributed by atoms with van der Waals surface area (Å²) in [5.41, 5.74) is 4.98. The van der Waals surface area contributed by atoms with Crippen LogP contribution in [-0.2, 0) is 14.8 Å². The van der Waals surface area contributed by atoms with E-state index in [1.165, 1.54) is 19.1 Å². The molecule has 7 heteroatoms. The van der Waals surface area contributed by atoms with Gasteiger partial charge in [0.05, 0.1) is 10.9 Å². The average Bonchev–Trinajstić information content (AvgIpc) is 2.17. The lowest BCUT2D eigenvalue weighted by Crippen LogP contribution is -2.42. The van der Waals surface area contributed by atoms with Gasteiger partial charge in [0.2, 0.25) is 15.9 Å². The first-order chi connectivity index (χ1) is 7.33. The van der Waals surface area contributed by atoms with Crippen molar-refractivity contribution < 1.29 is 13.2 Å². The van der Waals surface area contributed by atoms with Crippen molar-refractivity contribution in [3.8, 4) is 0 Å². The Morgan fingerprint density at radius 2 is 2.12 bits per heavy atom. The summed E-state index contributed by atoms with van der Waals surface area (Å²) in [6.45, 7) is 1.39. The maximum Gasteiger partial charge on any atom is 0.241 e. The minimum absolute atomic E-state index is 0.0787. The van der Waals surface area contributed by atoms with E-state index in [2.05, 4.69) is 20.7 Å². The molecule has 16 heavy (non-hydrogen) atoms. The van der Waals surface area contributed by atoms with Crippen LogP contribution in [0.25, 0.3) is 0 Å². The molecule has 0 saturated heterocycles. The summed E-state index contributed by atoms with van der Waals surface area (Å²) >= 11 is 3.17. The van der Waals surface area contributed by atoms with E-state index in [1.807, 2.05) is 0 Å². The first-order valence-corrected chi connectivity index (χ1v) is 6.68. The van der Waals surface area contributed by atoms with Crippen LogP contribution in [0.3, 0.4) is 0 Å². The van der Waals surface area contributed by atoms with Crippen LogP contribution in [0.5, 0.6) is 0 Å². The molecule has 1 unspecified atom stereocenters. The zero-order valence-corrected chi connectivity index (χ0v) is 10.9. The number of hydrogen-bond donors (Lipinski definition) is 2. The lowest BCUT2D eigenvalue weighted by Gasteiger charge is -2.10. The Hall–Kier alpha value is -0.920. The monoisotopic (exact) mass is 306 g/mol. The Morgan fingerprint density at radius 3 is 2.62 bits per heavy atom. The second-order valence-electron chi connectivity index (χ2n) is 3.20. The summed E-state index contributed by atoms with van der Waals surface area (Å²) in [4.78, 5) is 10.8. The molecule has 5 nitrogen and oxygen atoms in total. The van der Waals surface area contributed by atoms with Gasteiger partial charge in [0.1, 0.15) is 0 Å². The van der Waals surface area contributed by atoms with Crippen LogP contribution in [0.4, 0.5) is 0 Å². The molecular weight excluding hydrogens is 296 g/mol. The normalized spacial score (nSPS) is 13.4. The number of halogens is 1. The summed E-state index contributed by atoms with van der Waals surface area (Å²) in [5, 5.41) is 0. The number of primary amides is 1. The van der Waals surface area contributed by atoms with Gasteiger partial charge in [-0.05, 0) is 25.1 Å². The van der Waals surface area contributed by atoms with Gasteiger partial charge in [-0.15, -0.1) is 0 Å². The number of sulfonamides is 1. The molecule has 0 saturated carbocycles. The molecule has 1 aromatic rings. The first kappa shape index (κ1) is 13.1. The highest BCUT2D eigenvalue weighted by atomic mass is 79.9. The number of carbonyl (C=O) groups is 1. The second-order valence-corrected chi connectivity index (χ2v) is 5.83. The highest BCUT2D eigenvalue weighted by molar-refractivity contribution is 9.10. The van der Waals surface area contributed by atoms with Crippen molar-refractivity contribution in [2.45, 2.75) is 17.9 Å². The Kier molecular flexibility index (Phi) is 4.06. The fraction of sp³-hybridized carbons (Fsp3) is 0.222. The van der Waals surface area contributed by atoms with Gasteiger partial charge in [0, 0.05) is 4.47 Å². The van der Waals surface area contributed by atoms with E-state index in [1.54, 1.807) is 12.1 Å². The maximum absolute atomic E-state index is 11.8. The summed E-state index contributed by atoms with van der Waals surface area (Å²) in [5.74, 6) is -0.724. The molecule has 0 fully saturated rings. The van der Waals surface area contributed by atoms with Crippen LogP contribution in [0.15, 0.2) is 33.6 Å². The zero-order chi connectivity index (χ0) is 12.3. The SMILES string of the molecule is CC(NS(=O)(=O)c1cccc(Br)c1)C(N)=O. The lowest BCUT2D eigenvalue weighted by molar-refractivity contribution is -0.119. The third-order valence-corrected chi connectivity index (χ3v) is 3.90. The van der Waals surface area contributed by atoms with Crippen LogP contribution in [-0.4, -0.2) is 20.4 Å². The standard InChI is InChI=1S/C9H11BrN2O3S/c1-6(9(11)13)12-16(14,15)8-4-2-3-7(10)5-8/h2-6,12H,1H3,(H2,11,13). The maximum atomic E-state index is 11.8. The van der Waals surface area contributed by atoms with Crippen molar-refractivity contribution in [3.63, 3.8) is 0 Å². The molecular formula is C9H11BrN2O3S. The molecule has 0 heterocycles. The summed E-state index contributed by atoms with van der Waals surface area (Å²) in [7, 11) is -3.71. The van der Waals surface area contributed by atoms with E-state index in [-0.39, 0.29) is 4.90 Å². The molecule has 0 aliphatic rings. The van der Waals surface area contributed by atoms with Crippen molar-refractivity contribution in [1.29, 1.82) is 0 Å². The predicted octanol–water partition coefficient (Wildman–Crippen LogP) is 0.601. The van der Waals surface area contributed by atoms with Gasteiger partial charge in [-0.3, -0.25) is 4.79 Å². The van der Waals surface area contributed by atoms with Crippen molar-refractivity contribution >= 4 is 31.9 Å². The third-order valence-electron chi connectivity index (χ3n) is 1.87. The Morgan fingerprint density at radius 1 is 1.50 bits per heavy atom. The molecule has 0 aromatic heterocycles. The average molecular weight is 307 g/mol. The number of amides is 1. The van der Waals surface area contributed by atoms with Crippen LogP contribution in [0.1, 0.15) is 6.92 Å². The number of nitrogens with one attached hydrogen (secondary N) is 1.